The first-order chi connectivity index (χ1) is 11.9. The van der Waals surface area contributed by atoms with Gasteiger partial charge in [0, 0.05) is 0 Å². The van der Waals surface area contributed by atoms with Crippen molar-refractivity contribution in [2.24, 2.45) is 0 Å². The van der Waals surface area contributed by atoms with Crippen LogP contribution in [0.15, 0.2) is 6.33 Å². The van der Waals surface area contributed by atoms with Gasteiger partial charge >= 0.3 is 0 Å². The Morgan fingerprint density at radius 2 is 2.20 bits per heavy atom. The second-order valence-electron chi connectivity index (χ2n) is 6.29. The smallest absolute Gasteiger partial charge is 0.247 e. The van der Waals surface area contributed by atoms with E-state index < -0.39 is 30.6 Å². The highest BCUT2D eigenvalue weighted by molar-refractivity contribution is 5.77. The van der Waals surface area contributed by atoms with Crippen molar-refractivity contribution >= 4 is 17.1 Å². The zero-order chi connectivity index (χ0) is 18.2. The van der Waals surface area contributed by atoms with Crippen LogP contribution in [0.5, 0.6) is 5.88 Å². The van der Waals surface area contributed by atoms with E-state index in [1.165, 1.54) is 17.8 Å². The standard InChI is InChI=1S/C15H23N5O5/c1-3-4-5-24-12-9-11(18-14(16)19-12)20(7-17-9)13-15(2,23)10(22)8(6-21)25-13/h7-8,10,13,21-23H,3-6H2,1-2H3,(H2,16,18,19)/t8?,10-,13?,15-/m1/s1. The second-order valence-corrected chi connectivity index (χ2v) is 6.29. The largest absolute Gasteiger partial charge is 0.476 e. The van der Waals surface area contributed by atoms with Crippen molar-refractivity contribution in [1.82, 2.24) is 19.5 Å². The summed E-state index contributed by atoms with van der Waals surface area (Å²) in [6.07, 6.45) is 0.0597. The van der Waals surface area contributed by atoms with Crippen LogP contribution in [0.25, 0.3) is 11.2 Å². The third kappa shape index (κ3) is 3.01. The van der Waals surface area contributed by atoms with E-state index in [-0.39, 0.29) is 11.8 Å². The molecule has 0 spiro atoms. The molecule has 0 amide bonds. The van der Waals surface area contributed by atoms with Crippen LogP contribution < -0.4 is 10.5 Å². The highest BCUT2D eigenvalue weighted by Gasteiger charge is 2.53. The average Bonchev–Trinajstić information content (AvgIpc) is 3.07. The number of aromatic nitrogens is 4. The molecule has 10 nitrogen and oxygen atoms in total. The summed E-state index contributed by atoms with van der Waals surface area (Å²) < 4.78 is 12.7. The van der Waals surface area contributed by atoms with Gasteiger partial charge in [0.25, 0.3) is 0 Å². The minimum atomic E-state index is -1.65. The highest BCUT2D eigenvalue weighted by Crippen LogP contribution is 2.39. The Morgan fingerprint density at radius 1 is 1.44 bits per heavy atom. The van der Waals surface area contributed by atoms with Crippen LogP contribution in [0, 0.1) is 0 Å². The van der Waals surface area contributed by atoms with Crippen LogP contribution in [0.2, 0.25) is 0 Å². The molecule has 1 fully saturated rings. The van der Waals surface area contributed by atoms with Gasteiger partial charge in [-0.3, -0.25) is 4.57 Å². The van der Waals surface area contributed by atoms with Crippen molar-refractivity contribution in [2.75, 3.05) is 18.9 Å². The number of nitrogens with zero attached hydrogens (tertiary/aromatic N) is 4. The number of rotatable bonds is 6. The van der Waals surface area contributed by atoms with Gasteiger partial charge in [-0.05, 0) is 13.3 Å². The Kier molecular flexibility index (Phi) is 4.78. The molecule has 10 heteroatoms. The lowest BCUT2D eigenvalue weighted by Gasteiger charge is -2.27. The fourth-order valence-electron chi connectivity index (χ4n) is 2.88. The number of nitrogen functional groups attached to an aromatic ring is 1. The summed E-state index contributed by atoms with van der Waals surface area (Å²) in [5.41, 5.74) is 4.82. The number of aliphatic hydroxyl groups is 3. The van der Waals surface area contributed by atoms with Gasteiger partial charge in [0.2, 0.25) is 11.8 Å². The van der Waals surface area contributed by atoms with Gasteiger partial charge in [0.05, 0.1) is 19.5 Å². The Morgan fingerprint density at radius 3 is 2.84 bits per heavy atom. The number of aliphatic hydroxyl groups excluding tert-OH is 2. The van der Waals surface area contributed by atoms with Gasteiger partial charge < -0.3 is 30.5 Å². The minimum Gasteiger partial charge on any atom is -0.476 e. The molecule has 2 aromatic rings. The van der Waals surface area contributed by atoms with Crippen molar-refractivity contribution < 1.29 is 24.8 Å². The maximum Gasteiger partial charge on any atom is 0.247 e. The second kappa shape index (κ2) is 6.71. The third-order valence-corrected chi connectivity index (χ3v) is 4.33. The predicted octanol–water partition coefficient (Wildman–Crippen LogP) is -0.411. The van der Waals surface area contributed by atoms with Gasteiger partial charge in [0.1, 0.15) is 17.8 Å². The topological polar surface area (TPSA) is 149 Å². The molecule has 3 heterocycles. The van der Waals surface area contributed by atoms with Gasteiger partial charge in [-0.25, -0.2) is 4.98 Å². The number of hydrogen-bond donors (Lipinski definition) is 4. The summed E-state index contributed by atoms with van der Waals surface area (Å²) in [5, 5.41) is 30.1. The first-order valence-corrected chi connectivity index (χ1v) is 8.19. The lowest BCUT2D eigenvalue weighted by molar-refractivity contribution is -0.0950. The molecule has 1 aliphatic rings. The fourth-order valence-corrected chi connectivity index (χ4v) is 2.88. The van der Waals surface area contributed by atoms with E-state index in [1.54, 1.807) is 0 Å². The minimum absolute atomic E-state index is 0.00218. The molecule has 2 aromatic heterocycles. The molecule has 5 N–H and O–H groups in total. The van der Waals surface area contributed by atoms with Crippen LogP contribution in [-0.4, -0.2) is 65.9 Å². The van der Waals surface area contributed by atoms with Gasteiger partial charge in [-0.2, -0.15) is 9.97 Å². The summed E-state index contributed by atoms with van der Waals surface area (Å²) in [6, 6.07) is 0. The van der Waals surface area contributed by atoms with Crippen LogP contribution >= 0.6 is 0 Å². The molecule has 138 valence electrons. The van der Waals surface area contributed by atoms with E-state index in [0.717, 1.165) is 12.8 Å². The molecule has 0 aromatic carbocycles. The van der Waals surface area contributed by atoms with E-state index in [1.807, 2.05) is 6.92 Å². The van der Waals surface area contributed by atoms with Crippen molar-refractivity contribution in [3.05, 3.63) is 6.33 Å². The number of fused-ring (bicyclic) bond motifs is 1. The van der Waals surface area contributed by atoms with Crippen LogP contribution in [-0.2, 0) is 4.74 Å². The zero-order valence-corrected chi connectivity index (χ0v) is 14.2. The number of hydrogen-bond acceptors (Lipinski definition) is 9. The Labute approximate surface area is 144 Å². The number of unbranched alkanes of at least 4 members (excludes halogenated alkanes) is 1. The molecule has 3 rings (SSSR count). The normalized spacial score (nSPS) is 29.4. The molecule has 0 aliphatic carbocycles. The van der Waals surface area contributed by atoms with E-state index in [2.05, 4.69) is 15.0 Å². The molecule has 0 radical (unpaired) electrons. The molecular weight excluding hydrogens is 330 g/mol. The van der Waals surface area contributed by atoms with Crippen molar-refractivity contribution in [1.29, 1.82) is 0 Å². The SMILES string of the molecule is CCCCOc1nc(N)nc2c1ncn2C1OC(CO)[C@@H](O)[C@@]1(C)O. The fraction of sp³-hybridized carbons (Fsp3) is 0.667. The highest BCUT2D eigenvalue weighted by atomic mass is 16.6. The van der Waals surface area contributed by atoms with Gasteiger partial charge in [0.15, 0.2) is 17.4 Å². The number of anilines is 1. The first kappa shape index (κ1) is 17.8. The van der Waals surface area contributed by atoms with E-state index in [9.17, 15) is 15.3 Å². The predicted molar refractivity (Wildman–Crippen MR) is 87.8 cm³/mol. The summed E-state index contributed by atoms with van der Waals surface area (Å²) in [4.78, 5) is 12.5. The summed E-state index contributed by atoms with van der Waals surface area (Å²) in [6.45, 7) is 3.51. The molecular formula is C15H23N5O5. The monoisotopic (exact) mass is 353 g/mol. The number of ether oxygens (including phenoxy) is 2. The number of imidazole rings is 1. The maximum absolute atomic E-state index is 10.6. The summed E-state index contributed by atoms with van der Waals surface area (Å²) in [7, 11) is 0. The van der Waals surface area contributed by atoms with Gasteiger partial charge in [-0.15, -0.1) is 0 Å². The maximum atomic E-state index is 10.6. The van der Waals surface area contributed by atoms with Crippen LogP contribution in [0.3, 0.4) is 0 Å². The van der Waals surface area contributed by atoms with Crippen molar-refractivity contribution in [2.45, 2.75) is 50.7 Å². The molecule has 0 bridgehead atoms. The zero-order valence-electron chi connectivity index (χ0n) is 14.2. The van der Waals surface area contributed by atoms with Crippen molar-refractivity contribution in [3.8, 4) is 5.88 Å². The van der Waals surface area contributed by atoms with Crippen LogP contribution in [0.4, 0.5) is 5.95 Å². The molecule has 2 unspecified atom stereocenters. The molecule has 1 aliphatic heterocycles. The third-order valence-electron chi connectivity index (χ3n) is 4.33. The molecule has 1 saturated heterocycles. The van der Waals surface area contributed by atoms with E-state index in [0.29, 0.717) is 17.8 Å². The van der Waals surface area contributed by atoms with Gasteiger partial charge in [-0.1, -0.05) is 13.3 Å². The Hall–Kier alpha value is -2.01. The first-order valence-electron chi connectivity index (χ1n) is 8.19. The van der Waals surface area contributed by atoms with Crippen molar-refractivity contribution in [3.63, 3.8) is 0 Å². The lowest BCUT2D eigenvalue weighted by atomic mass is 9.96. The number of nitrogens with two attached hydrogens (primary N) is 1. The summed E-state index contributed by atoms with van der Waals surface area (Å²) >= 11 is 0. The lowest BCUT2D eigenvalue weighted by Crippen LogP contribution is -2.44. The average molecular weight is 353 g/mol. The molecule has 4 atom stereocenters. The Bertz CT molecular complexity index is 749. The Balaban J connectivity index is 2.01. The van der Waals surface area contributed by atoms with E-state index >= 15 is 0 Å². The quantitative estimate of drug-likeness (QED) is 0.508. The molecule has 25 heavy (non-hydrogen) atoms. The van der Waals surface area contributed by atoms with E-state index in [4.69, 9.17) is 15.2 Å². The summed E-state index contributed by atoms with van der Waals surface area (Å²) in [5.74, 6) is 0.254. The molecule has 0 saturated carbocycles. The van der Waals surface area contributed by atoms with Crippen LogP contribution in [0.1, 0.15) is 32.9 Å².